The third kappa shape index (κ3) is 4.39. The molecule has 5 aliphatic heterocycles. The van der Waals surface area contributed by atoms with Gasteiger partial charge in [0, 0.05) is 54.5 Å². The summed E-state index contributed by atoms with van der Waals surface area (Å²) in [5, 5.41) is 5.57. The van der Waals surface area contributed by atoms with Crippen molar-refractivity contribution in [1.29, 1.82) is 0 Å². The molecule has 47 heavy (non-hydrogen) atoms. The van der Waals surface area contributed by atoms with Gasteiger partial charge in [-0.3, -0.25) is 4.90 Å². The van der Waals surface area contributed by atoms with Gasteiger partial charge < -0.3 is 15.0 Å². The molecule has 1 N–H and O–H groups in total. The standard InChI is InChI=1S/C37H37F3N6O/c1-3-20-15-28-27-12-10-23(41-27)18-46(28)35-30-32(20)42-33(25-8-5-7-21-9-11-26(39)24(4-2)29(21)25)31(40)34(30)43-36(44-35)47-19-37-13-6-14-45(37)17-22(38)16-37/h2,5,7-9,11,20,22-23,27-28,41H,3,6,10,12-19H2,1H3/t20-,22-,23-,27+,28-,37+/m1/s1. The van der Waals surface area contributed by atoms with Crippen LogP contribution in [0.2, 0.25) is 0 Å². The van der Waals surface area contributed by atoms with Crippen LogP contribution in [0.25, 0.3) is 32.9 Å². The summed E-state index contributed by atoms with van der Waals surface area (Å²) in [6.07, 6.45) is 10.9. The first kappa shape index (κ1) is 29.2. The van der Waals surface area contributed by atoms with Gasteiger partial charge in [0.25, 0.3) is 0 Å². The number of alkyl halides is 1. The molecule has 4 saturated heterocycles. The second kappa shape index (κ2) is 10.8. The number of fused-ring (bicyclic) bond motifs is 7. The molecule has 2 bridgehead atoms. The maximum absolute atomic E-state index is 17.2. The van der Waals surface area contributed by atoms with E-state index in [1.807, 2.05) is 12.1 Å². The second-order valence-electron chi connectivity index (χ2n) is 14.2. The fraction of sp³-hybridized carbons (Fsp3) is 0.486. The number of halogens is 3. The first-order chi connectivity index (χ1) is 22.9. The van der Waals surface area contributed by atoms with Crippen molar-refractivity contribution in [2.24, 2.45) is 0 Å². The Morgan fingerprint density at radius 2 is 2.00 bits per heavy atom. The Balaban J connectivity index is 1.27. The molecule has 0 unspecified atom stereocenters. The zero-order chi connectivity index (χ0) is 32.0. The van der Waals surface area contributed by atoms with Crippen LogP contribution in [0.15, 0.2) is 30.3 Å². The Bertz CT molecular complexity index is 1980. The van der Waals surface area contributed by atoms with E-state index in [0.29, 0.717) is 52.6 Å². The number of aromatic nitrogens is 3. The van der Waals surface area contributed by atoms with E-state index < -0.39 is 23.3 Å². The lowest BCUT2D eigenvalue weighted by molar-refractivity contribution is 0.107. The van der Waals surface area contributed by atoms with Gasteiger partial charge in [0.15, 0.2) is 5.82 Å². The lowest BCUT2D eigenvalue weighted by atomic mass is 9.88. The lowest BCUT2D eigenvalue weighted by Gasteiger charge is -2.42. The summed E-state index contributed by atoms with van der Waals surface area (Å²) >= 11 is 0. The number of terminal acetylenes is 1. The van der Waals surface area contributed by atoms with Crippen molar-refractivity contribution in [2.75, 3.05) is 31.1 Å². The maximum atomic E-state index is 17.2. The van der Waals surface area contributed by atoms with Gasteiger partial charge in [-0.2, -0.15) is 9.97 Å². The highest BCUT2D eigenvalue weighted by atomic mass is 19.1. The number of rotatable bonds is 5. The molecule has 6 atom stereocenters. The predicted octanol–water partition coefficient (Wildman–Crippen LogP) is 6.27. The van der Waals surface area contributed by atoms with Crippen LogP contribution in [0, 0.1) is 24.0 Å². The van der Waals surface area contributed by atoms with Gasteiger partial charge in [-0.25, -0.2) is 18.2 Å². The highest BCUT2D eigenvalue weighted by Gasteiger charge is 2.50. The Morgan fingerprint density at radius 3 is 2.85 bits per heavy atom. The minimum Gasteiger partial charge on any atom is -0.461 e. The van der Waals surface area contributed by atoms with Gasteiger partial charge in [0.2, 0.25) is 0 Å². The van der Waals surface area contributed by atoms with Crippen molar-refractivity contribution in [3.05, 3.63) is 53.2 Å². The Hall–Kier alpha value is -3.94. The monoisotopic (exact) mass is 638 g/mol. The highest BCUT2D eigenvalue weighted by molar-refractivity contribution is 6.03. The Kier molecular flexibility index (Phi) is 6.71. The van der Waals surface area contributed by atoms with Gasteiger partial charge in [-0.05, 0) is 56.5 Å². The van der Waals surface area contributed by atoms with Crippen LogP contribution in [0.1, 0.15) is 69.0 Å². The molecule has 5 aliphatic rings. The van der Waals surface area contributed by atoms with E-state index in [2.05, 4.69) is 28.0 Å². The van der Waals surface area contributed by atoms with E-state index in [0.717, 1.165) is 57.3 Å². The molecule has 0 saturated carbocycles. The molecule has 4 aromatic rings. The van der Waals surface area contributed by atoms with Crippen LogP contribution in [0.5, 0.6) is 6.01 Å². The van der Waals surface area contributed by atoms with Crippen LogP contribution in [-0.4, -0.2) is 75.9 Å². The SMILES string of the molecule is C#Cc1c(F)ccc2cccc(-c3nc4c5c(nc(OC[C@@]67CCCN6C[C@H](F)C7)nc5c3F)N3C[C@H]5CC[C@H](N5)[C@H]3C[C@H]4CC)c12. The molecule has 9 rings (SSSR count). The topological polar surface area (TPSA) is 66.4 Å². The average Bonchev–Trinajstić information content (AvgIpc) is 3.72. The Labute approximate surface area is 271 Å². The summed E-state index contributed by atoms with van der Waals surface area (Å²) in [7, 11) is 0. The number of ether oxygens (including phenoxy) is 1. The fourth-order valence-corrected chi connectivity index (χ4v) is 9.43. The van der Waals surface area contributed by atoms with Gasteiger partial charge >= 0.3 is 6.01 Å². The molecular weight excluding hydrogens is 601 g/mol. The van der Waals surface area contributed by atoms with Crippen LogP contribution in [0.4, 0.5) is 19.0 Å². The third-order valence-electron chi connectivity index (χ3n) is 11.6. The molecule has 10 heteroatoms. The van der Waals surface area contributed by atoms with E-state index in [-0.39, 0.29) is 41.4 Å². The van der Waals surface area contributed by atoms with Gasteiger partial charge in [-0.1, -0.05) is 37.1 Å². The average molecular weight is 639 g/mol. The summed E-state index contributed by atoms with van der Waals surface area (Å²) in [6, 6.07) is 9.24. The van der Waals surface area contributed by atoms with Crippen LogP contribution in [0.3, 0.4) is 0 Å². The first-order valence-corrected chi connectivity index (χ1v) is 17.0. The molecule has 2 aromatic heterocycles. The predicted molar refractivity (Wildman–Crippen MR) is 175 cm³/mol. The normalized spacial score (nSPS) is 29.6. The molecule has 7 nitrogen and oxygen atoms in total. The quantitative estimate of drug-likeness (QED) is 0.259. The van der Waals surface area contributed by atoms with Crippen molar-refractivity contribution >= 4 is 27.5 Å². The molecular formula is C37H37F3N6O. The molecule has 7 heterocycles. The number of pyridine rings is 1. The zero-order valence-electron chi connectivity index (χ0n) is 26.4. The molecule has 2 aromatic carbocycles. The van der Waals surface area contributed by atoms with Gasteiger partial charge in [-0.15, -0.1) is 6.42 Å². The van der Waals surface area contributed by atoms with Gasteiger partial charge in [0.05, 0.1) is 22.2 Å². The number of hydrogen-bond donors (Lipinski definition) is 1. The minimum atomic E-state index is -0.892. The molecule has 0 spiro atoms. The van der Waals surface area contributed by atoms with Crippen molar-refractivity contribution in [3.8, 4) is 29.6 Å². The van der Waals surface area contributed by atoms with E-state index in [9.17, 15) is 4.39 Å². The fourth-order valence-electron chi connectivity index (χ4n) is 9.43. The molecule has 4 fully saturated rings. The maximum Gasteiger partial charge on any atom is 0.319 e. The van der Waals surface area contributed by atoms with E-state index in [4.69, 9.17) is 26.1 Å². The second-order valence-corrected chi connectivity index (χ2v) is 14.2. The molecule has 0 radical (unpaired) electrons. The van der Waals surface area contributed by atoms with Crippen molar-refractivity contribution in [1.82, 2.24) is 25.2 Å². The van der Waals surface area contributed by atoms with Crippen LogP contribution >= 0.6 is 0 Å². The van der Waals surface area contributed by atoms with E-state index in [1.165, 1.54) is 6.07 Å². The van der Waals surface area contributed by atoms with E-state index >= 15 is 8.78 Å². The zero-order valence-corrected chi connectivity index (χ0v) is 26.4. The van der Waals surface area contributed by atoms with Crippen molar-refractivity contribution in [3.63, 3.8) is 0 Å². The smallest absolute Gasteiger partial charge is 0.319 e. The summed E-state index contributed by atoms with van der Waals surface area (Å²) in [5.74, 6) is 2.01. The number of hydrogen-bond acceptors (Lipinski definition) is 7. The summed E-state index contributed by atoms with van der Waals surface area (Å²) in [5.41, 5.74) is 1.07. The molecule has 0 amide bonds. The van der Waals surface area contributed by atoms with Crippen LogP contribution < -0.4 is 15.0 Å². The molecule has 0 aliphatic carbocycles. The summed E-state index contributed by atoms with van der Waals surface area (Å²) in [4.78, 5) is 19.4. The lowest BCUT2D eigenvalue weighted by Crippen LogP contribution is -2.58. The van der Waals surface area contributed by atoms with Crippen molar-refractivity contribution < 1.29 is 17.9 Å². The summed E-state index contributed by atoms with van der Waals surface area (Å²) < 4.78 is 53.3. The largest absolute Gasteiger partial charge is 0.461 e. The summed E-state index contributed by atoms with van der Waals surface area (Å²) in [6.45, 7) is 4.39. The number of nitrogens with zero attached hydrogens (tertiary/aromatic N) is 5. The highest BCUT2D eigenvalue weighted by Crippen LogP contribution is 2.47. The number of benzene rings is 2. The first-order valence-electron chi connectivity index (χ1n) is 17.0. The number of piperazine rings is 1. The van der Waals surface area contributed by atoms with Crippen LogP contribution in [-0.2, 0) is 0 Å². The number of anilines is 1. The number of nitrogens with one attached hydrogen (secondary N) is 1. The third-order valence-corrected chi connectivity index (χ3v) is 11.6. The van der Waals surface area contributed by atoms with Gasteiger partial charge in [0.1, 0.15) is 35.6 Å². The Morgan fingerprint density at radius 1 is 1.11 bits per heavy atom. The van der Waals surface area contributed by atoms with E-state index in [1.54, 1.807) is 12.1 Å². The minimum absolute atomic E-state index is 0.0182. The van der Waals surface area contributed by atoms with Crippen molar-refractivity contribution in [2.45, 2.75) is 87.6 Å². The molecule has 242 valence electrons.